The summed E-state index contributed by atoms with van der Waals surface area (Å²) >= 11 is 0. The minimum atomic E-state index is -0.113. The Morgan fingerprint density at radius 2 is 1.81 bits per heavy atom. The van der Waals surface area contributed by atoms with Crippen LogP contribution in [0.5, 0.6) is 0 Å². The van der Waals surface area contributed by atoms with Crippen molar-refractivity contribution in [2.45, 2.75) is 32.9 Å². The fraction of sp³-hybridized carbons (Fsp3) is 0.240. The number of nitrogens with zero attached hydrogens (tertiary/aromatic N) is 2. The second kappa shape index (κ2) is 9.96. The van der Waals surface area contributed by atoms with Gasteiger partial charge in [-0.25, -0.2) is 4.98 Å². The fourth-order valence-corrected chi connectivity index (χ4v) is 3.55. The Morgan fingerprint density at radius 3 is 2.59 bits per heavy atom. The maximum absolute atomic E-state index is 12.5. The lowest BCUT2D eigenvalue weighted by Gasteiger charge is -2.10. The minimum Gasteiger partial charge on any atom is -0.467 e. The first-order chi connectivity index (χ1) is 15.6. The molecule has 0 aliphatic rings. The van der Waals surface area contributed by atoms with Gasteiger partial charge in [-0.2, -0.15) is 0 Å². The number of carbonyl (C=O) groups is 2. The van der Waals surface area contributed by atoms with Crippen LogP contribution >= 0.6 is 0 Å². The van der Waals surface area contributed by atoms with E-state index in [1.165, 1.54) is 0 Å². The quantitative estimate of drug-likeness (QED) is 0.397. The molecule has 0 spiro atoms. The molecule has 32 heavy (non-hydrogen) atoms. The third kappa shape index (κ3) is 5.24. The molecule has 7 heteroatoms. The van der Waals surface area contributed by atoms with Crippen LogP contribution in [0.15, 0.2) is 71.3 Å². The van der Waals surface area contributed by atoms with Crippen LogP contribution in [0.25, 0.3) is 11.0 Å². The van der Waals surface area contributed by atoms with E-state index in [4.69, 9.17) is 9.40 Å². The molecule has 2 aromatic heterocycles. The first kappa shape index (κ1) is 21.4. The number of carbonyl (C=O) groups excluding carboxylic acids is 2. The number of aryl methyl sites for hydroxylation is 2. The molecule has 2 aromatic carbocycles. The topological polar surface area (TPSA) is 89.2 Å². The van der Waals surface area contributed by atoms with Gasteiger partial charge in [0.05, 0.1) is 23.8 Å². The van der Waals surface area contributed by atoms with E-state index in [1.807, 2.05) is 66.1 Å². The number of amides is 2. The number of rotatable bonds is 9. The van der Waals surface area contributed by atoms with Crippen molar-refractivity contribution in [3.8, 4) is 0 Å². The van der Waals surface area contributed by atoms with Gasteiger partial charge in [0.25, 0.3) is 5.91 Å². The monoisotopic (exact) mass is 430 g/mol. The summed E-state index contributed by atoms with van der Waals surface area (Å²) < 4.78 is 7.21. The van der Waals surface area contributed by atoms with E-state index in [2.05, 4.69) is 10.6 Å². The summed E-state index contributed by atoms with van der Waals surface area (Å²) in [7, 11) is 0. The van der Waals surface area contributed by atoms with Gasteiger partial charge < -0.3 is 19.6 Å². The number of benzene rings is 2. The van der Waals surface area contributed by atoms with Gasteiger partial charge >= 0.3 is 0 Å². The first-order valence-electron chi connectivity index (χ1n) is 10.7. The largest absolute Gasteiger partial charge is 0.467 e. The van der Waals surface area contributed by atoms with Crippen LogP contribution in [0.3, 0.4) is 0 Å². The molecule has 7 nitrogen and oxygen atoms in total. The molecule has 0 unspecified atom stereocenters. The smallest absolute Gasteiger partial charge is 0.251 e. The molecule has 4 rings (SSSR count). The van der Waals surface area contributed by atoms with Crippen molar-refractivity contribution in [2.75, 3.05) is 6.54 Å². The number of furan rings is 1. The van der Waals surface area contributed by atoms with E-state index in [1.54, 1.807) is 12.3 Å². The lowest BCUT2D eigenvalue weighted by Crippen LogP contribution is -2.28. The predicted octanol–water partition coefficient (Wildman–Crippen LogP) is 3.62. The number of fused-ring (bicyclic) bond motifs is 1. The second-order valence-corrected chi connectivity index (χ2v) is 7.68. The van der Waals surface area contributed by atoms with E-state index in [9.17, 15) is 9.59 Å². The van der Waals surface area contributed by atoms with E-state index in [0.29, 0.717) is 30.8 Å². The van der Waals surface area contributed by atoms with E-state index in [0.717, 1.165) is 28.8 Å². The highest BCUT2D eigenvalue weighted by Crippen LogP contribution is 2.17. The predicted molar refractivity (Wildman–Crippen MR) is 122 cm³/mol. The average Bonchev–Trinajstić information content (AvgIpc) is 3.44. The standard InChI is InChI=1S/C25H26N4O3/c1-18-10-12-19(13-11-18)25(31)26-14-4-9-23-28-21-7-2-3-8-22(21)29(23)17-24(30)27-16-20-6-5-15-32-20/h2-3,5-8,10-13,15H,4,9,14,16-17H2,1H3,(H,26,31)(H,27,30). The molecule has 0 bridgehead atoms. The summed E-state index contributed by atoms with van der Waals surface area (Å²) in [6.45, 7) is 3.04. The lowest BCUT2D eigenvalue weighted by molar-refractivity contribution is -0.121. The summed E-state index contributed by atoms with van der Waals surface area (Å²) in [5, 5.41) is 5.83. The highest BCUT2D eigenvalue weighted by Gasteiger charge is 2.14. The molecule has 164 valence electrons. The maximum Gasteiger partial charge on any atom is 0.251 e. The summed E-state index contributed by atoms with van der Waals surface area (Å²) in [5.41, 5.74) is 3.54. The number of imidazole rings is 1. The average molecular weight is 431 g/mol. The fourth-order valence-electron chi connectivity index (χ4n) is 3.55. The molecular formula is C25H26N4O3. The number of para-hydroxylation sites is 2. The van der Waals surface area contributed by atoms with Crippen LogP contribution in [0.4, 0.5) is 0 Å². The Bertz CT molecular complexity index is 1190. The minimum absolute atomic E-state index is 0.0872. The number of aromatic nitrogens is 2. The molecule has 0 atom stereocenters. The van der Waals surface area contributed by atoms with Gasteiger partial charge in [0, 0.05) is 18.5 Å². The normalized spacial score (nSPS) is 10.9. The van der Waals surface area contributed by atoms with Gasteiger partial charge in [0.1, 0.15) is 18.1 Å². The Hall–Kier alpha value is -3.87. The zero-order chi connectivity index (χ0) is 22.3. The molecule has 2 heterocycles. The zero-order valence-corrected chi connectivity index (χ0v) is 18.0. The van der Waals surface area contributed by atoms with Crippen molar-refractivity contribution in [1.29, 1.82) is 0 Å². The third-order valence-electron chi connectivity index (χ3n) is 5.25. The van der Waals surface area contributed by atoms with Crippen LogP contribution in [-0.2, 0) is 24.3 Å². The molecule has 0 saturated heterocycles. The number of nitrogens with one attached hydrogen (secondary N) is 2. The number of hydrogen-bond acceptors (Lipinski definition) is 4. The van der Waals surface area contributed by atoms with Crippen molar-refractivity contribution in [3.63, 3.8) is 0 Å². The molecule has 0 radical (unpaired) electrons. The molecule has 4 aromatic rings. The lowest BCUT2D eigenvalue weighted by atomic mass is 10.1. The molecule has 0 aliphatic carbocycles. The maximum atomic E-state index is 12.5. The molecular weight excluding hydrogens is 404 g/mol. The van der Waals surface area contributed by atoms with Crippen LogP contribution in [0.2, 0.25) is 0 Å². The highest BCUT2D eigenvalue weighted by atomic mass is 16.3. The first-order valence-corrected chi connectivity index (χ1v) is 10.7. The van der Waals surface area contributed by atoms with Crippen LogP contribution in [0.1, 0.15) is 33.9 Å². The Kier molecular flexibility index (Phi) is 6.65. The van der Waals surface area contributed by atoms with Crippen molar-refractivity contribution >= 4 is 22.8 Å². The number of hydrogen-bond donors (Lipinski definition) is 2. The summed E-state index contributed by atoms with van der Waals surface area (Å²) in [4.78, 5) is 29.6. The van der Waals surface area contributed by atoms with Gasteiger partial charge in [-0.3, -0.25) is 9.59 Å². The van der Waals surface area contributed by atoms with Gasteiger partial charge in [-0.05, 0) is 49.7 Å². The van der Waals surface area contributed by atoms with E-state index in [-0.39, 0.29) is 18.4 Å². The van der Waals surface area contributed by atoms with Crippen LogP contribution < -0.4 is 10.6 Å². The Morgan fingerprint density at radius 1 is 1.00 bits per heavy atom. The van der Waals surface area contributed by atoms with E-state index >= 15 is 0 Å². The van der Waals surface area contributed by atoms with Crippen molar-refractivity contribution < 1.29 is 14.0 Å². The van der Waals surface area contributed by atoms with Crippen LogP contribution in [0, 0.1) is 6.92 Å². The van der Waals surface area contributed by atoms with Crippen molar-refractivity contribution in [2.24, 2.45) is 0 Å². The molecule has 0 aliphatic heterocycles. The summed E-state index contributed by atoms with van der Waals surface area (Å²) in [6, 6.07) is 18.9. The van der Waals surface area contributed by atoms with Crippen molar-refractivity contribution in [1.82, 2.24) is 20.2 Å². The summed E-state index contributed by atoms with van der Waals surface area (Å²) in [6.07, 6.45) is 2.95. The second-order valence-electron chi connectivity index (χ2n) is 7.68. The Labute approximate surface area is 186 Å². The Balaban J connectivity index is 1.36. The van der Waals surface area contributed by atoms with Gasteiger partial charge in [0.15, 0.2) is 0 Å². The SMILES string of the molecule is Cc1ccc(C(=O)NCCCc2nc3ccccc3n2CC(=O)NCc2ccco2)cc1. The van der Waals surface area contributed by atoms with Gasteiger partial charge in [-0.15, -0.1) is 0 Å². The van der Waals surface area contributed by atoms with Gasteiger partial charge in [0.2, 0.25) is 5.91 Å². The summed E-state index contributed by atoms with van der Waals surface area (Å²) in [5.74, 6) is 1.33. The molecule has 0 fully saturated rings. The highest BCUT2D eigenvalue weighted by molar-refractivity contribution is 5.94. The van der Waals surface area contributed by atoms with E-state index < -0.39 is 0 Å². The van der Waals surface area contributed by atoms with Crippen LogP contribution in [-0.4, -0.2) is 27.9 Å². The zero-order valence-electron chi connectivity index (χ0n) is 18.0. The molecule has 2 N–H and O–H groups in total. The third-order valence-corrected chi connectivity index (χ3v) is 5.25. The van der Waals surface area contributed by atoms with Crippen molar-refractivity contribution in [3.05, 3.63) is 89.6 Å². The molecule has 2 amide bonds. The molecule has 0 saturated carbocycles. The van der Waals surface area contributed by atoms with Gasteiger partial charge in [-0.1, -0.05) is 29.8 Å².